The third-order valence-corrected chi connectivity index (χ3v) is 4.58. The van der Waals surface area contributed by atoms with Crippen LogP contribution in [-0.4, -0.2) is 12.6 Å². The first-order chi connectivity index (χ1) is 16.9. The molecule has 6 heteroatoms. The number of esters is 1. The highest BCUT2D eigenvalue weighted by atomic mass is 19.3. The van der Waals surface area contributed by atoms with E-state index < -0.39 is 17.9 Å². The van der Waals surface area contributed by atoms with Gasteiger partial charge in [0, 0.05) is 11.6 Å². The van der Waals surface area contributed by atoms with Crippen LogP contribution in [0.4, 0.5) is 13.2 Å². The summed E-state index contributed by atoms with van der Waals surface area (Å²) in [5, 5.41) is 0. The van der Waals surface area contributed by atoms with Crippen molar-refractivity contribution >= 4 is 5.97 Å². The van der Waals surface area contributed by atoms with Gasteiger partial charge in [-0.2, -0.15) is 8.78 Å². The molecule has 0 radical (unpaired) electrons. The van der Waals surface area contributed by atoms with Gasteiger partial charge in [0.2, 0.25) is 0 Å². The number of halogens is 3. The second-order valence-corrected chi connectivity index (χ2v) is 6.97. The normalized spacial score (nSPS) is 9.66. The van der Waals surface area contributed by atoms with E-state index in [-0.39, 0.29) is 23.3 Å². The maximum Gasteiger partial charge on any atom is 0.343 e. The molecule has 0 aliphatic heterocycles. The maximum atomic E-state index is 14.4. The van der Waals surface area contributed by atoms with Crippen molar-refractivity contribution in [2.75, 3.05) is 6.61 Å². The van der Waals surface area contributed by atoms with Gasteiger partial charge in [-0.15, -0.1) is 0 Å². The summed E-state index contributed by atoms with van der Waals surface area (Å²) in [5.41, 5.74) is 1.96. The molecule has 182 valence electrons. The molecule has 0 heterocycles. The van der Waals surface area contributed by atoms with E-state index >= 15 is 0 Å². The van der Waals surface area contributed by atoms with Crippen LogP contribution in [0.5, 0.6) is 11.5 Å². The smallest absolute Gasteiger partial charge is 0.343 e. The number of carbonyl (C=O) groups is 1. The van der Waals surface area contributed by atoms with Crippen LogP contribution >= 0.6 is 0 Å². The maximum absolute atomic E-state index is 14.4. The molecule has 0 unspecified atom stereocenters. The van der Waals surface area contributed by atoms with E-state index in [0.717, 1.165) is 23.5 Å². The molecule has 0 spiro atoms. The lowest BCUT2D eigenvalue weighted by Crippen LogP contribution is -2.08. The van der Waals surface area contributed by atoms with E-state index in [4.69, 9.17) is 9.47 Å². The second kappa shape index (κ2) is 14.3. The summed E-state index contributed by atoms with van der Waals surface area (Å²) in [4.78, 5) is 12.3. The lowest BCUT2D eigenvalue weighted by atomic mass is 10.1. The van der Waals surface area contributed by atoms with Crippen LogP contribution in [-0.2, 0) is 6.42 Å². The van der Waals surface area contributed by atoms with Crippen LogP contribution in [0.25, 0.3) is 0 Å². The highest BCUT2D eigenvalue weighted by Crippen LogP contribution is 2.19. The van der Waals surface area contributed by atoms with Crippen molar-refractivity contribution in [3.63, 3.8) is 0 Å². The zero-order valence-electron chi connectivity index (χ0n) is 19.9. The Morgan fingerprint density at radius 3 is 2.17 bits per heavy atom. The fourth-order valence-electron chi connectivity index (χ4n) is 2.92. The van der Waals surface area contributed by atoms with Crippen molar-refractivity contribution in [2.45, 2.75) is 33.6 Å². The van der Waals surface area contributed by atoms with Crippen LogP contribution in [0, 0.1) is 17.7 Å². The monoisotopic (exact) mass is 480 g/mol. The molecule has 0 aromatic heterocycles. The number of benzene rings is 3. The van der Waals surface area contributed by atoms with Crippen molar-refractivity contribution < 1.29 is 27.4 Å². The number of allylic oxidation sites excluding steroid dienone is 1. The zero-order chi connectivity index (χ0) is 25.6. The molecule has 0 aliphatic rings. The first kappa shape index (κ1) is 27.3. The van der Waals surface area contributed by atoms with Crippen molar-refractivity contribution in [2.24, 2.45) is 0 Å². The Balaban J connectivity index is 0.00000210. The summed E-state index contributed by atoms with van der Waals surface area (Å²) in [6, 6.07) is 17.6. The van der Waals surface area contributed by atoms with Gasteiger partial charge in [0.25, 0.3) is 6.08 Å². The standard InChI is InChI=1S/C27H21F3O3.C2H6/c1-2-32-23-15-9-20(10-16-23)6-11-21-14-17-24(18-25(21)28)33-27(31)22-12-7-19(8-13-22)4-3-5-26(29)30;1-2/h5,7-10,12-18H,2-4H2,1H3;1-2H3. The van der Waals surface area contributed by atoms with E-state index in [1.807, 2.05) is 20.8 Å². The van der Waals surface area contributed by atoms with Crippen molar-refractivity contribution in [3.05, 3.63) is 107 Å². The van der Waals surface area contributed by atoms with Crippen LogP contribution in [0.2, 0.25) is 0 Å². The molecule has 3 aromatic carbocycles. The van der Waals surface area contributed by atoms with Gasteiger partial charge in [-0.05, 0) is 79.9 Å². The average Bonchev–Trinajstić information content (AvgIpc) is 2.86. The zero-order valence-corrected chi connectivity index (χ0v) is 19.9. The summed E-state index contributed by atoms with van der Waals surface area (Å²) in [6.07, 6.45) is -0.227. The van der Waals surface area contributed by atoms with Crippen LogP contribution in [0.15, 0.2) is 78.9 Å². The molecule has 0 aliphatic carbocycles. The van der Waals surface area contributed by atoms with Gasteiger partial charge in [0.05, 0.1) is 17.7 Å². The lowest BCUT2D eigenvalue weighted by Gasteiger charge is -2.06. The van der Waals surface area contributed by atoms with Gasteiger partial charge in [-0.3, -0.25) is 0 Å². The summed E-state index contributed by atoms with van der Waals surface area (Å²) in [7, 11) is 0. The fraction of sp³-hybridized carbons (Fsp3) is 0.207. The van der Waals surface area contributed by atoms with E-state index in [1.165, 1.54) is 12.1 Å². The minimum atomic E-state index is -1.71. The van der Waals surface area contributed by atoms with Gasteiger partial charge < -0.3 is 9.47 Å². The number of carbonyl (C=O) groups excluding carboxylic acids is 1. The number of hydrogen-bond donors (Lipinski definition) is 0. The Labute approximate surface area is 204 Å². The average molecular weight is 481 g/mol. The largest absolute Gasteiger partial charge is 0.494 e. The highest BCUT2D eigenvalue weighted by Gasteiger charge is 2.10. The summed E-state index contributed by atoms with van der Waals surface area (Å²) < 4.78 is 49.2. The quantitative estimate of drug-likeness (QED) is 0.199. The molecule has 0 fully saturated rings. The number of rotatable bonds is 7. The third-order valence-electron chi connectivity index (χ3n) is 4.58. The third kappa shape index (κ3) is 9.05. The minimum Gasteiger partial charge on any atom is -0.494 e. The molecule has 3 rings (SSSR count). The van der Waals surface area contributed by atoms with Gasteiger partial charge in [0.15, 0.2) is 0 Å². The topological polar surface area (TPSA) is 35.5 Å². The Bertz CT molecular complexity index is 1180. The predicted octanol–water partition coefficient (Wildman–Crippen LogP) is 7.58. The molecule has 0 saturated carbocycles. The highest BCUT2D eigenvalue weighted by molar-refractivity contribution is 5.91. The Kier molecular flexibility index (Phi) is 11.2. The first-order valence-corrected chi connectivity index (χ1v) is 11.3. The molecule has 35 heavy (non-hydrogen) atoms. The van der Waals surface area contributed by atoms with E-state index in [2.05, 4.69) is 11.8 Å². The Hall–Kier alpha value is -3.98. The molecule has 0 atom stereocenters. The molecular weight excluding hydrogens is 453 g/mol. The lowest BCUT2D eigenvalue weighted by molar-refractivity contribution is 0.0734. The molecule has 0 bridgehead atoms. The number of ether oxygens (including phenoxy) is 2. The van der Waals surface area contributed by atoms with Crippen molar-refractivity contribution in [1.82, 2.24) is 0 Å². The second-order valence-electron chi connectivity index (χ2n) is 6.97. The van der Waals surface area contributed by atoms with Crippen LogP contribution in [0.1, 0.15) is 54.2 Å². The predicted molar refractivity (Wildman–Crippen MR) is 131 cm³/mol. The first-order valence-electron chi connectivity index (χ1n) is 11.3. The molecular formula is C29H27F3O3. The van der Waals surface area contributed by atoms with Gasteiger partial charge in [-0.1, -0.05) is 37.8 Å². The van der Waals surface area contributed by atoms with Crippen molar-refractivity contribution in [3.8, 4) is 23.3 Å². The fourth-order valence-corrected chi connectivity index (χ4v) is 2.92. The van der Waals surface area contributed by atoms with Crippen LogP contribution in [0.3, 0.4) is 0 Å². The number of aryl methyl sites for hydroxylation is 1. The summed E-state index contributed by atoms with van der Waals surface area (Å²) in [6.45, 7) is 6.47. The summed E-state index contributed by atoms with van der Waals surface area (Å²) in [5.74, 6) is 5.18. The molecule has 3 aromatic rings. The van der Waals surface area contributed by atoms with Gasteiger partial charge >= 0.3 is 5.97 Å². The molecule has 0 saturated heterocycles. The van der Waals surface area contributed by atoms with E-state index in [0.29, 0.717) is 18.6 Å². The minimum absolute atomic E-state index is 0.0525. The number of hydrogen-bond acceptors (Lipinski definition) is 3. The molecule has 3 nitrogen and oxygen atoms in total. The van der Waals surface area contributed by atoms with Gasteiger partial charge in [-0.25, -0.2) is 9.18 Å². The van der Waals surface area contributed by atoms with Crippen LogP contribution < -0.4 is 9.47 Å². The SMILES string of the molecule is CC.CCOc1ccc(C#Cc2ccc(OC(=O)c3ccc(CCC=C(F)F)cc3)cc2F)cc1. The Morgan fingerprint density at radius 2 is 1.57 bits per heavy atom. The van der Waals surface area contributed by atoms with Crippen molar-refractivity contribution in [1.29, 1.82) is 0 Å². The summed E-state index contributed by atoms with van der Waals surface area (Å²) >= 11 is 0. The Morgan fingerprint density at radius 1 is 0.914 bits per heavy atom. The molecule has 0 N–H and O–H groups in total. The van der Waals surface area contributed by atoms with E-state index in [9.17, 15) is 18.0 Å². The van der Waals surface area contributed by atoms with Gasteiger partial charge in [0.1, 0.15) is 17.3 Å². The van der Waals surface area contributed by atoms with E-state index in [1.54, 1.807) is 48.5 Å². The molecule has 0 amide bonds.